The first-order chi connectivity index (χ1) is 18.1. The summed E-state index contributed by atoms with van der Waals surface area (Å²) in [5.41, 5.74) is 9.56. The zero-order valence-corrected chi connectivity index (χ0v) is 18.3. The number of nitrogen functional groups attached to an aromatic ring is 3. The van der Waals surface area contributed by atoms with Gasteiger partial charge in [0.15, 0.2) is 69.8 Å². The molecule has 6 nitrogen and oxygen atoms in total. The molecule has 0 radical (unpaired) electrons. The Morgan fingerprint density at radius 2 is 0.350 bits per heavy atom. The third-order valence-electron chi connectivity index (χ3n) is 3.73. The van der Waals surface area contributed by atoms with Crippen LogP contribution in [0.1, 0.15) is 0 Å². The van der Waals surface area contributed by atoms with Crippen LogP contribution in [0.4, 0.5) is 82.9 Å². The number of hydrogen-bond donors (Lipinski definition) is 6. The first kappa shape index (κ1) is 36.0. The number of hydrogen-bond acceptors (Lipinski definition) is 6. The lowest BCUT2D eigenvalue weighted by Crippen LogP contribution is -2.07. The lowest BCUT2D eigenvalue weighted by molar-refractivity contribution is 0.278. The number of benzene rings is 3. The molecule has 3 aromatic rings. The molecule has 3 rings (SSSR count). The van der Waals surface area contributed by atoms with Crippen molar-refractivity contribution < 1.29 is 80.9 Å². The van der Waals surface area contributed by atoms with Gasteiger partial charge in [-0.05, 0) is 0 Å². The van der Waals surface area contributed by atoms with E-state index in [9.17, 15) is 65.9 Å². The molecule has 222 valence electrons. The summed E-state index contributed by atoms with van der Waals surface area (Å²) in [5, 5.41) is 21.5. The van der Waals surface area contributed by atoms with Gasteiger partial charge in [0.05, 0.1) is 0 Å². The van der Waals surface area contributed by atoms with Gasteiger partial charge in [-0.15, -0.1) is 0 Å². The van der Waals surface area contributed by atoms with Gasteiger partial charge in [-0.2, -0.15) is 0 Å². The summed E-state index contributed by atoms with van der Waals surface area (Å²) in [6, 6.07) is 0. The highest BCUT2D eigenvalue weighted by atomic mass is 19.2. The summed E-state index contributed by atoms with van der Waals surface area (Å²) in [6.45, 7) is 0. The topological polar surface area (TPSA) is 139 Å². The molecule has 0 saturated heterocycles. The van der Waals surface area contributed by atoms with Crippen molar-refractivity contribution in [3.05, 3.63) is 87.3 Å². The molecule has 22 heteroatoms. The zero-order chi connectivity index (χ0) is 32.0. The van der Waals surface area contributed by atoms with Crippen LogP contribution in [-0.2, 0) is 0 Å². The number of rotatable bonds is 0. The van der Waals surface area contributed by atoms with E-state index in [2.05, 4.69) is 17.2 Å². The van der Waals surface area contributed by atoms with Crippen LogP contribution in [0.2, 0.25) is 0 Å². The van der Waals surface area contributed by atoms with Crippen LogP contribution in [0.15, 0.2) is 0 Å². The summed E-state index contributed by atoms with van der Waals surface area (Å²) in [6.07, 6.45) is 0. The fourth-order valence-corrected chi connectivity index (χ4v) is 1.87. The van der Waals surface area contributed by atoms with Gasteiger partial charge in [0, 0.05) is 0 Å². The van der Waals surface area contributed by atoms with Crippen LogP contribution < -0.4 is 17.2 Å². The number of halogens is 15. The summed E-state index contributed by atoms with van der Waals surface area (Å²) >= 11 is 0. The van der Waals surface area contributed by atoms with Gasteiger partial charge in [-0.1, -0.05) is 0 Å². The van der Waals surface area contributed by atoms with Crippen molar-refractivity contribution in [2.24, 2.45) is 0 Å². The average Bonchev–Trinajstić information content (AvgIpc) is 2.92. The molecular weight excluding hydrogens is 602 g/mol. The first-order valence-corrected chi connectivity index (χ1v) is 8.98. The molecule has 0 aliphatic heterocycles. The Hall–Kier alpha value is -4.05. The molecule has 0 spiro atoms. The van der Waals surface area contributed by atoms with Gasteiger partial charge >= 0.3 is 7.32 Å². The average molecular weight is 611 g/mol. The van der Waals surface area contributed by atoms with E-state index in [1.165, 1.54) is 0 Å². The van der Waals surface area contributed by atoms with Gasteiger partial charge in [0.2, 0.25) is 17.5 Å². The molecule has 0 aliphatic rings. The van der Waals surface area contributed by atoms with Crippen molar-refractivity contribution in [3.8, 4) is 0 Å². The van der Waals surface area contributed by atoms with Gasteiger partial charge in [-0.25, -0.2) is 65.9 Å². The zero-order valence-electron chi connectivity index (χ0n) is 18.3. The van der Waals surface area contributed by atoms with Crippen molar-refractivity contribution in [1.29, 1.82) is 0 Å². The standard InChI is InChI=1S/3C6H2F5N.BH3O3/c3*7-1-2(8)4(10)6(12)5(11)3(1)9;2-1(3)4/h3*12H2;2-4H. The SMILES string of the molecule is Nc1c(F)c(F)c(F)c(F)c1F.Nc1c(F)c(F)c(F)c(F)c1F.Nc1c(F)c(F)c(F)c(F)c1F.OB(O)O. The predicted molar refractivity (Wildman–Crippen MR) is 104 cm³/mol. The maximum absolute atomic E-state index is 12.3. The Kier molecular flexibility index (Phi) is 12.9. The van der Waals surface area contributed by atoms with Crippen molar-refractivity contribution >= 4 is 24.4 Å². The highest BCUT2D eigenvalue weighted by Gasteiger charge is 2.25. The van der Waals surface area contributed by atoms with E-state index in [1.54, 1.807) is 0 Å². The maximum atomic E-state index is 12.3. The molecular formula is C18H9BF15N3O3. The molecule has 0 atom stereocenters. The Morgan fingerprint density at radius 1 is 0.275 bits per heavy atom. The molecule has 0 fully saturated rings. The maximum Gasteiger partial charge on any atom is 0.631 e. The second-order valence-electron chi connectivity index (χ2n) is 6.30. The lowest BCUT2D eigenvalue weighted by atomic mass is 10.2. The number of anilines is 3. The van der Waals surface area contributed by atoms with Crippen LogP contribution in [0, 0.1) is 87.3 Å². The quantitative estimate of drug-likeness (QED) is 0.0752. The van der Waals surface area contributed by atoms with Crippen LogP contribution in [0.5, 0.6) is 0 Å². The molecule has 0 bridgehead atoms. The monoisotopic (exact) mass is 611 g/mol. The van der Waals surface area contributed by atoms with Crippen LogP contribution in [0.25, 0.3) is 0 Å². The molecule has 0 aromatic heterocycles. The molecule has 0 heterocycles. The Bertz CT molecular complexity index is 917. The predicted octanol–water partition coefficient (Wildman–Crippen LogP) is 3.84. The van der Waals surface area contributed by atoms with Gasteiger partial charge in [-0.3, -0.25) is 0 Å². The van der Waals surface area contributed by atoms with E-state index in [0.29, 0.717) is 0 Å². The smallest absolute Gasteiger partial charge is 0.402 e. The lowest BCUT2D eigenvalue weighted by Gasteiger charge is -2.02. The van der Waals surface area contributed by atoms with Gasteiger partial charge in [0.1, 0.15) is 17.1 Å². The van der Waals surface area contributed by atoms with E-state index in [1.807, 2.05) is 0 Å². The van der Waals surface area contributed by atoms with E-state index in [-0.39, 0.29) is 0 Å². The molecule has 0 unspecified atom stereocenters. The Morgan fingerprint density at radius 3 is 0.450 bits per heavy atom. The molecule has 9 N–H and O–H groups in total. The fourth-order valence-electron chi connectivity index (χ4n) is 1.87. The minimum absolute atomic E-state index is 1.37. The van der Waals surface area contributed by atoms with E-state index in [0.717, 1.165) is 0 Å². The second kappa shape index (κ2) is 14.4. The second-order valence-corrected chi connectivity index (χ2v) is 6.30. The van der Waals surface area contributed by atoms with Crippen molar-refractivity contribution in [2.75, 3.05) is 17.2 Å². The van der Waals surface area contributed by atoms with E-state index >= 15 is 0 Å². The largest absolute Gasteiger partial charge is 0.631 e. The third-order valence-corrected chi connectivity index (χ3v) is 3.73. The van der Waals surface area contributed by atoms with Gasteiger partial charge < -0.3 is 32.3 Å². The Balaban J connectivity index is 0.000000534. The minimum atomic E-state index is -2.21. The van der Waals surface area contributed by atoms with Crippen LogP contribution >= 0.6 is 0 Å². The van der Waals surface area contributed by atoms with Crippen molar-refractivity contribution in [2.45, 2.75) is 0 Å². The van der Waals surface area contributed by atoms with Crippen molar-refractivity contribution in [3.63, 3.8) is 0 Å². The molecule has 40 heavy (non-hydrogen) atoms. The molecule has 3 aromatic carbocycles. The summed E-state index contributed by atoms with van der Waals surface area (Å²) in [4.78, 5) is 0. The number of nitrogens with two attached hydrogens (primary N) is 3. The minimum Gasteiger partial charge on any atom is -0.402 e. The van der Waals surface area contributed by atoms with E-state index in [4.69, 9.17) is 15.1 Å². The van der Waals surface area contributed by atoms with Crippen molar-refractivity contribution in [1.82, 2.24) is 0 Å². The fraction of sp³-hybridized carbons (Fsp3) is 0. The Labute approximate surface area is 210 Å². The first-order valence-electron chi connectivity index (χ1n) is 8.98. The molecule has 0 saturated carbocycles. The molecule has 0 amide bonds. The summed E-state index contributed by atoms with van der Waals surface area (Å²) in [7, 11) is -2.17. The molecule has 0 aliphatic carbocycles. The van der Waals surface area contributed by atoms with Crippen LogP contribution in [-0.4, -0.2) is 22.4 Å². The normalized spacial score (nSPS) is 10.1. The van der Waals surface area contributed by atoms with Crippen LogP contribution in [0.3, 0.4) is 0 Å². The van der Waals surface area contributed by atoms with Gasteiger partial charge in [0.25, 0.3) is 0 Å². The highest BCUT2D eigenvalue weighted by Crippen LogP contribution is 2.26. The summed E-state index contributed by atoms with van der Waals surface area (Å²) in [5.74, 6) is -30.9. The van der Waals surface area contributed by atoms with E-state index < -0.39 is 112 Å². The third kappa shape index (κ3) is 7.99. The summed E-state index contributed by atoms with van der Waals surface area (Å²) < 4.78 is 183. The highest BCUT2D eigenvalue weighted by molar-refractivity contribution is 6.30.